The van der Waals surface area contributed by atoms with Crippen LogP contribution in [0.1, 0.15) is 16.1 Å². The summed E-state index contributed by atoms with van der Waals surface area (Å²) in [6, 6.07) is 9.75. The first-order valence-electron chi connectivity index (χ1n) is 10.0. The fraction of sp³-hybridized carbons (Fsp3) is 0.273. The van der Waals surface area contributed by atoms with Crippen LogP contribution in [0.2, 0.25) is 0 Å². The van der Waals surface area contributed by atoms with Gasteiger partial charge in [0.25, 0.3) is 10.0 Å². The van der Waals surface area contributed by atoms with Gasteiger partial charge in [-0.05, 0) is 49.4 Å². The fourth-order valence-electron chi connectivity index (χ4n) is 3.64. The quantitative estimate of drug-likeness (QED) is 0.464. The number of amides is 2. The van der Waals surface area contributed by atoms with Gasteiger partial charge in [-0.1, -0.05) is 15.9 Å². The third-order valence-corrected chi connectivity index (χ3v) is 7.52. The molecule has 1 aliphatic heterocycles. The second-order valence-electron chi connectivity index (χ2n) is 7.31. The lowest BCUT2D eigenvalue weighted by Crippen LogP contribution is -2.50. The molecule has 0 unspecified atom stereocenters. The van der Waals surface area contributed by atoms with E-state index in [4.69, 9.17) is 13.9 Å². The average Bonchev–Trinajstić information content (AvgIpc) is 3.14. The molecule has 0 bridgehead atoms. The Kier molecular flexibility index (Phi) is 6.46. The number of fused-ring (bicyclic) bond motifs is 1. The van der Waals surface area contributed by atoms with Crippen LogP contribution in [0.15, 0.2) is 56.2 Å². The van der Waals surface area contributed by atoms with Crippen LogP contribution in [-0.2, 0) is 19.5 Å². The van der Waals surface area contributed by atoms with E-state index >= 15 is 0 Å². The first-order valence-corrected chi connectivity index (χ1v) is 12.3. The number of hydrogen-bond donors (Lipinski definition) is 0. The lowest BCUT2D eigenvalue weighted by molar-refractivity contribution is 0.0557. The highest BCUT2D eigenvalue weighted by Crippen LogP contribution is 2.33. The summed E-state index contributed by atoms with van der Waals surface area (Å²) < 4.78 is 44.6. The Labute approximate surface area is 199 Å². The molecule has 0 atom stereocenters. The number of esters is 1. The van der Waals surface area contributed by atoms with Gasteiger partial charge in [-0.15, -0.1) is 0 Å². The number of nitrogens with zero attached hydrogens (tertiary/aromatic N) is 2. The van der Waals surface area contributed by atoms with Crippen molar-refractivity contribution in [3.8, 4) is 0 Å². The molecule has 0 saturated carbocycles. The summed E-state index contributed by atoms with van der Waals surface area (Å²) in [4.78, 5) is 27.2. The summed E-state index contributed by atoms with van der Waals surface area (Å²) in [5, 5.41) is 0.350. The minimum absolute atomic E-state index is 0.0519. The van der Waals surface area contributed by atoms with Gasteiger partial charge in [0.15, 0.2) is 0 Å². The zero-order valence-electron chi connectivity index (χ0n) is 17.9. The van der Waals surface area contributed by atoms with Gasteiger partial charge in [-0.25, -0.2) is 18.0 Å². The highest BCUT2D eigenvalue weighted by atomic mass is 79.9. The summed E-state index contributed by atoms with van der Waals surface area (Å²) in [6.45, 7) is 2.74. The van der Waals surface area contributed by atoms with E-state index in [0.29, 0.717) is 34.4 Å². The number of hydrogen-bond acceptors (Lipinski definition) is 7. The predicted molar refractivity (Wildman–Crippen MR) is 124 cm³/mol. The molecule has 1 aliphatic rings. The number of carbonyl (C=O) groups is 2. The van der Waals surface area contributed by atoms with Gasteiger partial charge in [0.05, 0.1) is 30.9 Å². The van der Waals surface area contributed by atoms with Crippen molar-refractivity contribution in [2.45, 2.75) is 11.8 Å². The summed E-state index contributed by atoms with van der Waals surface area (Å²) >= 11 is 3.29. The molecular formula is C22H21BrN2O7S. The third-order valence-electron chi connectivity index (χ3n) is 5.28. The van der Waals surface area contributed by atoms with Gasteiger partial charge in [0, 0.05) is 22.9 Å². The Morgan fingerprint density at radius 3 is 2.39 bits per heavy atom. The third kappa shape index (κ3) is 4.35. The molecule has 0 aliphatic carbocycles. The van der Waals surface area contributed by atoms with Gasteiger partial charge >= 0.3 is 12.0 Å². The van der Waals surface area contributed by atoms with E-state index in [1.165, 1.54) is 42.3 Å². The van der Waals surface area contributed by atoms with Crippen molar-refractivity contribution >= 4 is 54.6 Å². The first-order chi connectivity index (χ1) is 15.7. The number of anilines is 1. The molecule has 11 heteroatoms. The Hall–Kier alpha value is -2.89. The standard InChI is InChI=1S/C22H21BrN2O7S/c1-14-20(21(26)30-2)18-13-16(5-8-19(18)32-14)25(22(27)24-9-11-31-12-10-24)33(28,29)17-6-3-15(23)4-7-17/h3-8,13H,9-12H2,1-2H3. The molecule has 0 spiro atoms. The Bertz CT molecular complexity index is 1310. The van der Waals surface area contributed by atoms with Crippen LogP contribution in [0.4, 0.5) is 10.5 Å². The van der Waals surface area contributed by atoms with Gasteiger partial charge < -0.3 is 18.8 Å². The van der Waals surface area contributed by atoms with Crippen LogP contribution in [0.3, 0.4) is 0 Å². The molecule has 9 nitrogen and oxygen atoms in total. The van der Waals surface area contributed by atoms with Crippen molar-refractivity contribution in [3.63, 3.8) is 0 Å². The highest BCUT2D eigenvalue weighted by Gasteiger charge is 2.35. The molecule has 0 N–H and O–H groups in total. The Balaban J connectivity index is 1.89. The molecule has 1 fully saturated rings. The van der Waals surface area contributed by atoms with Crippen molar-refractivity contribution < 1.29 is 31.9 Å². The van der Waals surface area contributed by atoms with E-state index < -0.39 is 22.0 Å². The number of benzene rings is 2. The molecule has 1 aromatic heterocycles. The van der Waals surface area contributed by atoms with E-state index in [1.54, 1.807) is 19.1 Å². The molecular weight excluding hydrogens is 516 g/mol. The van der Waals surface area contributed by atoms with Crippen LogP contribution in [0.5, 0.6) is 0 Å². The SMILES string of the molecule is COC(=O)c1c(C)oc2ccc(N(C(=O)N3CCOCC3)S(=O)(=O)c3ccc(Br)cc3)cc12. The summed E-state index contributed by atoms with van der Waals surface area (Å²) in [5.74, 6) is -0.291. The van der Waals surface area contributed by atoms with E-state index in [-0.39, 0.29) is 29.2 Å². The molecule has 3 aromatic rings. The molecule has 2 amide bonds. The second-order valence-corrected chi connectivity index (χ2v) is 10.0. The van der Waals surface area contributed by atoms with Gasteiger partial charge in [-0.3, -0.25) is 0 Å². The van der Waals surface area contributed by atoms with Crippen LogP contribution in [0.25, 0.3) is 11.0 Å². The number of ether oxygens (including phenoxy) is 2. The minimum Gasteiger partial charge on any atom is -0.465 e. The molecule has 0 radical (unpaired) electrons. The normalized spacial score (nSPS) is 14.3. The lowest BCUT2D eigenvalue weighted by Gasteiger charge is -2.32. The molecule has 1 saturated heterocycles. The number of rotatable bonds is 4. The van der Waals surface area contributed by atoms with E-state index in [1.807, 2.05) is 0 Å². The molecule has 4 rings (SSSR count). The van der Waals surface area contributed by atoms with Crippen LogP contribution in [-0.4, -0.2) is 58.7 Å². The first kappa shape index (κ1) is 23.3. The number of methoxy groups -OCH3 is 1. The predicted octanol–water partition coefficient (Wildman–Crippen LogP) is 3.94. The largest absolute Gasteiger partial charge is 0.465 e. The van der Waals surface area contributed by atoms with Crippen molar-refractivity contribution in [2.24, 2.45) is 0 Å². The fourth-order valence-corrected chi connectivity index (χ4v) is 5.30. The van der Waals surface area contributed by atoms with Crippen LogP contribution in [0, 0.1) is 6.92 Å². The topological polar surface area (TPSA) is 106 Å². The number of morpholine rings is 1. The monoisotopic (exact) mass is 536 g/mol. The molecule has 174 valence electrons. The van der Waals surface area contributed by atoms with E-state index in [9.17, 15) is 18.0 Å². The Morgan fingerprint density at radius 1 is 1.09 bits per heavy atom. The summed E-state index contributed by atoms with van der Waals surface area (Å²) in [7, 11) is -3.04. The van der Waals surface area contributed by atoms with E-state index in [2.05, 4.69) is 15.9 Å². The second kappa shape index (κ2) is 9.16. The number of furan rings is 1. The molecule has 2 aromatic carbocycles. The summed E-state index contributed by atoms with van der Waals surface area (Å²) in [6.07, 6.45) is 0. The van der Waals surface area contributed by atoms with Gasteiger partial charge in [-0.2, -0.15) is 4.31 Å². The number of carbonyl (C=O) groups excluding carboxylic acids is 2. The maximum atomic E-state index is 13.7. The molecule has 33 heavy (non-hydrogen) atoms. The van der Waals surface area contributed by atoms with Crippen LogP contribution >= 0.6 is 15.9 Å². The smallest absolute Gasteiger partial charge is 0.342 e. The Morgan fingerprint density at radius 2 is 1.76 bits per heavy atom. The van der Waals surface area contributed by atoms with Crippen molar-refractivity contribution in [3.05, 3.63) is 58.3 Å². The van der Waals surface area contributed by atoms with Crippen molar-refractivity contribution in [2.75, 3.05) is 37.7 Å². The highest BCUT2D eigenvalue weighted by molar-refractivity contribution is 9.10. The van der Waals surface area contributed by atoms with Crippen LogP contribution < -0.4 is 4.31 Å². The zero-order chi connectivity index (χ0) is 23.8. The zero-order valence-corrected chi connectivity index (χ0v) is 20.3. The van der Waals surface area contributed by atoms with Crippen molar-refractivity contribution in [1.29, 1.82) is 0 Å². The average molecular weight is 537 g/mol. The number of urea groups is 1. The molecule has 2 heterocycles. The maximum Gasteiger partial charge on any atom is 0.342 e. The lowest BCUT2D eigenvalue weighted by atomic mass is 10.1. The minimum atomic E-state index is -4.29. The number of halogens is 1. The number of sulfonamides is 1. The summed E-state index contributed by atoms with van der Waals surface area (Å²) in [5.41, 5.74) is 0.624. The van der Waals surface area contributed by atoms with Gasteiger partial charge in [0.1, 0.15) is 16.9 Å². The number of aryl methyl sites for hydroxylation is 1. The van der Waals surface area contributed by atoms with Crippen molar-refractivity contribution in [1.82, 2.24) is 4.90 Å². The van der Waals surface area contributed by atoms with E-state index in [0.717, 1.165) is 4.31 Å². The maximum absolute atomic E-state index is 13.7. The van der Waals surface area contributed by atoms with Gasteiger partial charge in [0.2, 0.25) is 0 Å².